The Hall–Kier alpha value is -1.94. The van der Waals surface area contributed by atoms with Gasteiger partial charge in [0.05, 0.1) is 0 Å². The zero-order valence-electron chi connectivity index (χ0n) is 10.3. The summed E-state index contributed by atoms with van der Waals surface area (Å²) in [5, 5.41) is 0. The van der Waals surface area contributed by atoms with Crippen molar-refractivity contribution in [2.45, 2.75) is 20.8 Å². The molecule has 4 heteroatoms. The van der Waals surface area contributed by atoms with E-state index in [-0.39, 0.29) is 0 Å². The molecule has 0 aliphatic carbocycles. The number of benzene rings is 1. The van der Waals surface area contributed by atoms with Gasteiger partial charge in [-0.05, 0) is 20.8 Å². The van der Waals surface area contributed by atoms with E-state index < -0.39 is 0 Å². The van der Waals surface area contributed by atoms with E-state index in [1.165, 1.54) is 5.56 Å². The molecule has 0 aliphatic heterocycles. The van der Waals surface area contributed by atoms with Gasteiger partial charge in [-0.25, -0.2) is 15.8 Å². The quantitative estimate of drug-likeness (QED) is 0.611. The minimum Gasteiger partial charge on any atom is -0.308 e. The molecule has 0 saturated heterocycles. The van der Waals surface area contributed by atoms with Gasteiger partial charge in [-0.3, -0.25) is 0 Å². The van der Waals surface area contributed by atoms with Crippen molar-refractivity contribution in [1.29, 1.82) is 0 Å². The van der Waals surface area contributed by atoms with Gasteiger partial charge in [0.1, 0.15) is 5.82 Å². The van der Waals surface area contributed by atoms with Crippen LogP contribution < -0.4 is 11.3 Å². The SMILES string of the molecule is Cc1ccc(-c2nc(C)c(C)c(NN)n2)cc1. The first-order valence-electron chi connectivity index (χ1n) is 5.50. The molecule has 0 amide bonds. The molecule has 0 spiro atoms. The van der Waals surface area contributed by atoms with E-state index in [0.29, 0.717) is 11.6 Å². The van der Waals surface area contributed by atoms with Crippen molar-refractivity contribution in [2.24, 2.45) is 5.84 Å². The lowest BCUT2D eigenvalue weighted by Crippen LogP contribution is -2.12. The lowest BCUT2D eigenvalue weighted by atomic mass is 10.1. The van der Waals surface area contributed by atoms with Crippen LogP contribution in [0.1, 0.15) is 16.8 Å². The Morgan fingerprint density at radius 1 is 1.00 bits per heavy atom. The first-order chi connectivity index (χ1) is 8.11. The molecule has 2 rings (SSSR count). The first-order valence-corrected chi connectivity index (χ1v) is 5.50. The van der Waals surface area contributed by atoms with E-state index in [2.05, 4.69) is 22.3 Å². The van der Waals surface area contributed by atoms with Crippen LogP contribution in [-0.4, -0.2) is 9.97 Å². The Morgan fingerprint density at radius 3 is 2.24 bits per heavy atom. The largest absolute Gasteiger partial charge is 0.308 e. The van der Waals surface area contributed by atoms with E-state index in [1.807, 2.05) is 38.1 Å². The van der Waals surface area contributed by atoms with Gasteiger partial charge in [0.2, 0.25) is 0 Å². The minimum atomic E-state index is 0.674. The molecule has 4 nitrogen and oxygen atoms in total. The fraction of sp³-hybridized carbons (Fsp3) is 0.231. The average molecular weight is 228 g/mol. The van der Waals surface area contributed by atoms with Gasteiger partial charge in [0.25, 0.3) is 0 Å². The minimum absolute atomic E-state index is 0.674. The number of nitrogen functional groups attached to an aromatic ring is 1. The lowest BCUT2D eigenvalue weighted by molar-refractivity contribution is 1.06. The van der Waals surface area contributed by atoms with Gasteiger partial charge in [0.15, 0.2) is 5.82 Å². The maximum Gasteiger partial charge on any atom is 0.161 e. The van der Waals surface area contributed by atoms with Gasteiger partial charge in [0, 0.05) is 16.8 Å². The maximum atomic E-state index is 5.45. The van der Waals surface area contributed by atoms with Gasteiger partial charge in [-0.2, -0.15) is 0 Å². The number of rotatable bonds is 2. The zero-order chi connectivity index (χ0) is 12.4. The topological polar surface area (TPSA) is 63.8 Å². The molecule has 2 aromatic rings. The van der Waals surface area contributed by atoms with Crippen LogP contribution in [0.4, 0.5) is 5.82 Å². The Bertz CT molecular complexity index is 532. The molecule has 0 unspecified atom stereocenters. The molecular weight excluding hydrogens is 212 g/mol. The number of hydrogen-bond acceptors (Lipinski definition) is 4. The fourth-order valence-electron chi connectivity index (χ4n) is 1.60. The molecule has 0 bridgehead atoms. The standard InChI is InChI=1S/C13H16N4/c1-8-4-6-11(7-5-8)13-15-10(3)9(2)12(16-13)17-14/h4-7H,14H2,1-3H3,(H,15,16,17). The highest BCUT2D eigenvalue weighted by atomic mass is 15.3. The molecule has 3 N–H and O–H groups in total. The normalized spacial score (nSPS) is 10.4. The van der Waals surface area contributed by atoms with Gasteiger partial charge < -0.3 is 5.43 Å². The number of nitrogens with one attached hydrogen (secondary N) is 1. The molecule has 17 heavy (non-hydrogen) atoms. The smallest absolute Gasteiger partial charge is 0.161 e. The Labute approximate surface area is 101 Å². The summed E-state index contributed by atoms with van der Waals surface area (Å²) in [6.07, 6.45) is 0. The van der Waals surface area contributed by atoms with Crippen LogP contribution in [0.15, 0.2) is 24.3 Å². The average Bonchev–Trinajstić information content (AvgIpc) is 2.33. The van der Waals surface area contributed by atoms with E-state index in [1.54, 1.807) is 0 Å². The summed E-state index contributed by atoms with van der Waals surface area (Å²) in [6.45, 7) is 5.96. The van der Waals surface area contributed by atoms with Crippen molar-refractivity contribution in [3.05, 3.63) is 41.1 Å². The molecule has 0 atom stereocenters. The molecule has 1 aromatic carbocycles. The lowest BCUT2D eigenvalue weighted by Gasteiger charge is -2.09. The summed E-state index contributed by atoms with van der Waals surface area (Å²) in [7, 11) is 0. The number of nitrogens with two attached hydrogens (primary N) is 1. The summed E-state index contributed by atoms with van der Waals surface area (Å²) in [5.74, 6) is 6.82. The number of aromatic nitrogens is 2. The van der Waals surface area contributed by atoms with Crippen LogP contribution in [0.2, 0.25) is 0 Å². The number of hydrazine groups is 1. The number of hydrogen-bond donors (Lipinski definition) is 2. The third-order valence-electron chi connectivity index (χ3n) is 2.84. The number of aryl methyl sites for hydroxylation is 2. The second-order valence-electron chi connectivity index (χ2n) is 4.12. The first kappa shape index (κ1) is 11.5. The predicted molar refractivity (Wildman–Crippen MR) is 69.5 cm³/mol. The van der Waals surface area contributed by atoms with Crippen LogP contribution in [0.25, 0.3) is 11.4 Å². The van der Waals surface area contributed by atoms with Gasteiger partial charge in [-0.1, -0.05) is 29.8 Å². The van der Waals surface area contributed by atoms with E-state index in [9.17, 15) is 0 Å². The highest BCUT2D eigenvalue weighted by Gasteiger charge is 2.08. The maximum absolute atomic E-state index is 5.45. The van der Waals surface area contributed by atoms with Crippen LogP contribution in [0, 0.1) is 20.8 Å². The molecule has 1 aromatic heterocycles. The summed E-state index contributed by atoms with van der Waals surface area (Å²) in [5.41, 5.74) is 6.73. The van der Waals surface area contributed by atoms with Crippen molar-refractivity contribution in [1.82, 2.24) is 9.97 Å². The fourth-order valence-corrected chi connectivity index (χ4v) is 1.60. The summed E-state index contributed by atoms with van der Waals surface area (Å²) in [6, 6.07) is 8.12. The molecule has 0 aliphatic rings. The van der Waals surface area contributed by atoms with Crippen molar-refractivity contribution in [3.63, 3.8) is 0 Å². The second kappa shape index (κ2) is 4.51. The summed E-state index contributed by atoms with van der Waals surface area (Å²) >= 11 is 0. The Morgan fingerprint density at radius 2 is 1.65 bits per heavy atom. The van der Waals surface area contributed by atoms with Crippen molar-refractivity contribution in [3.8, 4) is 11.4 Å². The Balaban J connectivity index is 2.52. The molecular formula is C13H16N4. The molecule has 88 valence electrons. The Kier molecular flexibility index (Phi) is 3.06. The van der Waals surface area contributed by atoms with Crippen molar-refractivity contribution < 1.29 is 0 Å². The van der Waals surface area contributed by atoms with Crippen LogP contribution in [-0.2, 0) is 0 Å². The number of anilines is 1. The zero-order valence-corrected chi connectivity index (χ0v) is 10.3. The van der Waals surface area contributed by atoms with Crippen molar-refractivity contribution >= 4 is 5.82 Å². The van der Waals surface area contributed by atoms with E-state index in [4.69, 9.17) is 5.84 Å². The third kappa shape index (κ3) is 2.26. The molecule has 0 fully saturated rings. The molecule has 0 saturated carbocycles. The second-order valence-corrected chi connectivity index (χ2v) is 4.12. The summed E-state index contributed by atoms with van der Waals surface area (Å²) < 4.78 is 0. The highest BCUT2D eigenvalue weighted by molar-refractivity contribution is 5.59. The van der Waals surface area contributed by atoms with Gasteiger partial charge >= 0.3 is 0 Å². The number of nitrogens with zero attached hydrogens (tertiary/aromatic N) is 2. The molecule has 1 heterocycles. The van der Waals surface area contributed by atoms with Gasteiger partial charge in [-0.15, -0.1) is 0 Å². The van der Waals surface area contributed by atoms with Crippen LogP contribution >= 0.6 is 0 Å². The monoisotopic (exact) mass is 228 g/mol. The molecule has 0 radical (unpaired) electrons. The predicted octanol–water partition coefficient (Wildman–Crippen LogP) is 2.35. The van der Waals surface area contributed by atoms with E-state index >= 15 is 0 Å². The van der Waals surface area contributed by atoms with E-state index in [0.717, 1.165) is 16.8 Å². The highest BCUT2D eigenvalue weighted by Crippen LogP contribution is 2.21. The van der Waals surface area contributed by atoms with Crippen LogP contribution in [0.5, 0.6) is 0 Å². The third-order valence-corrected chi connectivity index (χ3v) is 2.84. The van der Waals surface area contributed by atoms with Crippen molar-refractivity contribution in [2.75, 3.05) is 5.43 Å². The van der Waals surface area contributed by atoms with Crippen LogP contribution in [0.3, 0.4) is 0 Å². The summed E-state index contributed by atoms with van der Waals surface area (Å²) in [4.78, 5) is 8.88.